The van der Waals surface area contributed by atoms with Crippen LogP contribution in [0.2, 0.25) is 0 Å². The van der Waals surface area contributed by atoms with E-state index in [2.05, 4.69) is 23.3 Å². The lowest BCUT2D eigenvalue weighted by atomic mass is 9.97. The molecule has 0 aromatic rings. The molecule has 0 aliphatic rings. The van der Waals surface area contributed by atoms with Gasteiger partial charge in [-0.1, -0.05) is 20.3 Å². The third-order valence-corrected chi connectivity index (χ3v) is 4.57. The van der Waals surface area contributed by atoms with Gasteiger partial charge in [-0.2, -0.15) is 24.4 Å². The van der Waals surface area contributed by atoms with E-state index in [4.69, 9.17) is 10.8 Å². The lowest BCUT2D eigenvalue weighted by Gasteiger charge is -2.26. The molecule has 4 unspecified atom stereocenters. The average molecular weight is 366 g/mol. The number of nitrogens with two attached hydrogens (primary N) is 1. The molecule has 0 aromatic carbocycles. The Kier molecular flexibility index (Phi) is 11.1. The Morgan fingerprint density at radius 2 is 1.87 bits per heavy atom. The Hall–Kier alpha value is -0.930. The van der Waals surface area contributed by atoms with Gasteiger partial charge < -0.3 is 21.5 Å². The summed E-state index contributed by atoms with van der Waals surface area (Å²) in [4.78, 5) is 35.4. The highest BCUT2D eigenvalue weighted by atomic mass is 32.2. The molecule has 0 aliphatic carbocycles. The summed E-state index contributed by atoms with van der Waals surface area (Å²) in [5.74, 6) is -1.55. The standard InChI is InChI=1S/C14H27N3O4S2/c1-4-8(2)11(13(19)16-10(7-22)14(20)21)17-12(18)9(15)5-6-23-3/h8-11,22H,4-7,15H2,1-3H3,(H,16,19)(H,17,18)(H,20,21). The Morgan fingerprint density at radius 3 is 2.30 bits per heavy atom. The predicted octanol–water partition coefficient (Wildman–Crippen LogP) is 0.0969. The minimum Gasteiger partial charge on any atom is -0.480 e. The Labute approximate surface area is 146 Å². The molecule has 0 radical (unpaired) electrons. The number of carboxylic acids is 1. The van der Waals surface area contributed by atoms with E-state index in [0.29, 0.717) is 12.8 Å². The molecule has 0 spiro atoms. The van der Waals surface area contributed by atoms with Crippen LogP contribution < -0.4 is 16.4 Å². The molecule has 0 aromatic heterocycles. The van der Waals surface area contributed by atoms with Gasteiger partial charge in [0.2, 0.25) is 11.8 Å². The van der Waals surface area contributed by atoms with E-state index < -0.39 is 35.9 Å². The fourth-order valence-corrected chi connectivity index (χ4v) is 2.52. The first-order valence-corrected chi connectivity index (χ1v) is 9.49. The number of hydrogen-bond donors (Lipinski definition) is 5. The summed E-state index contributed by atoms with van der Waals surface area (Å²) in [5, 5.41) is 14.0. The van der Waals surface area contributed by atoms with Crippen LogP contribution in [0.4, 0.5) is 0 Å². The van der Waals surface area contributed by atoms with Gasteiger partial charge in [0.05, 0.1) is 6.04 Å². The topological polar surface area (TPSA) is 122 Å². The largest absolute Gasteiger partial charge is 0.480 e. The van der Waals surface area contributed by atoms with Crippen molar-refractivity contribution in [3.8, 4) is 0 Å². The molecule has 23 heavy (non-hydrogen) atoms. The van der Waals surface area contributed by atoms with Crippen LogP contribution in [-0.2, 0) is 14.4 Å². The minimum atomic E-state index is -1.17. The van der Waals surface area contributed by atoms with Crippen LogP contribution in [0.15, 0.2) is 0 Å². The maximum atomic E-state index is 12.3. The van der Waals surface area contributed by atoms with Crippen molar-refractivity contribution in [3.63, 3.8) is 0 Å². The number of thiol groups is 1. The SMILES string of the molecule is CCC(C)C(NC(=O)C(N)CCSC)C(=O)NC(CS)C(=O)O. The summed E-state index contributed by atoms with van der Waals surface area (Å²) in [6, 6.07) is -2.61. The van der Waals surface area contributed by atoms with Crippen molar-refractivity contribution in [2.75, 3.05) is 17.8 Å². The molecule has 134 valence electrons. The highest BCUT2D eigenvalue weighted by molar-refractivity contribution is 7.98. The molecule has 0 fully saturated rings. The van der Waals surface area contributed by atoms with Crippen LogP contribution in [0.25, 0.3) is 0 Å². The molecule has 7 nitrogen and oxygen atoms in total. The van der Waals surface area contributed by atoms with Crippen LogP contribution in [0.5, 0.6) is 0 Å². The maximum Gasteiger partial charge on any atom is 0.327 e. The Balaban J connectivity index is 4.90. The second kappa shape index (κ2) is 11.6. The minimum absolute atomic E-state index is 0.0323. The predicted molar refractivity (Wildman–Crippen MR) is 95.8 cm³/mol. The zero-order chi connectivity index (χ0) is 18.0. The Bertz CT molecular complexity index is 409. The zero-order valence-corrected chi connectivity index (χ0v) is 15.5. The molecule has 9 heteroatoms. The van der Waals surface area contributed by atoms with Crippen molar-refractivity contribution in [2.45, 2.75) is 44.8 Å². The highest BCUT2D eigenvalue weighted by Gasteiger charge is 2.30. The van der Waals surface area contributed by atoms with E-state index in [1.54, 1.807) is 11.8 Å². The summed E-state index contributed by atoms with van der Waals surface area (Å²) in [5.41, 5.74) is 5.81. The molecule has 0 aliphatic heterocycles. The van der Waals surface area contributed by atoms with E-state index in [1.807, 2.05) is 20.1 Å². The monoisotopic (exact) mass is 365 g/mol. The van der Waals surface area contributed by atoms with E-state index in [0.717, 1.165) is 5.75 Å². The van der Waals surface area contributed by atoms with Crippen molar-refractivity contribution < 1.29 is 19.5 Å². The molecule has 0 saturated heterocycles. The van der Waals surface area contributed by atoms with Gasteiger partial charge in [-0.25, -0.2) is 4.79 Å². The third kappa shape index (κ3) is 7.94. The number of carbonyl (C=O) groups excluding carboxylic acids is 2. The first-order chi connectivity index (χ1) is 10.8. The first kappa shape index (κ1) is 22.1. The van der Waals surface area contributed by atoms with Crippen molar-refractivity contribution >= 4 is 42.2 Å². The summed E-state index contributed by atoms with van der Waals surface area (Å²) in [7, 11) is 0. The second-order valence-corrected chi connectivity index (χ2v) is 6.69. The number of aliphatic carboxylic acids is 1. The average Bonchev–Trinajstić information content (AvgIpc) is 2.53. The van der Waals surface area contributed by atoms with Gasteiger partial charge in [0.25, 0.3) is 0 Å². The number of thioether (sulfide) groups is 1. The lowest BCUT2D eigenvalue weighted by molar-refractivity contribution is -0.141. The molecule has 0 heterocycles. The summed E-state index contributed by atoms with van der Waals surface area (Å²) < 4.78 is 0. The van der Waals surface area contributed by atoms with Gasteiger partial charge in [0.1, 0.15) is 12.1 Å². The molecule has 5 N–H and O–H groups in total. The van der Waals surface area contributed by atoms with Gasteiger partial charge in [-0.05, 0) is 24.3 Å². The number of nitrogens with one attached hydrogen (secondary N) is 2. The van der Waals surface area contributed by atoms with Gasteiger partial charge in [0, 0.05) is 5.75 Å². The van der Waals surface area contributed by atoms with Crippen molar-refractivity contribution in [3.05, 3.63) is 0 Å². The van der Waals surface area contributed by atoms with Crippen molar-refractivity contribution in [2.24, 2.45) is 11.7 Å². The van der Waals surface area contributed by atoms with Crippen LogP contribution in [0, 0.1) is 5.92 Å². The highest BCUT2D eigenvalue weighted by Crippen LogP contribution is 2.09. The number of hydrogen-bond acceptors (Lipinski definition) is 6. The molecule has 0 saturated carbocycles. The van der Waals surface area contributed by atoms with Gasteiger partial charge >= 0.3 is 5.97 Å². The Morgan fingerprint density at radius 1 is 1.26 bits per heavy atom. The lowest BCUT2D eigenvalue weighted by Crippen LogP contribution is -2.57. The van der Waals surface area contributed by atoms with E-state index in [1.165, 1.54) is 0 Å². The molecule has 0 rings (SSSR count). The smallest absolute Gasteiger partial charge is 0.327 e. The van der Waals surface area contributed by atoms with E-state index in [9.17, 15) is 14.4 Å². The molecule has 0 bridgehead atoms. The summed E-state index contributed by atoms with van der Waals surface area (Å²) in [6.45, 7) is 3.70. The van der Waals surface area contributed by atoms with Gasteiger partial charge in [-0.3, -0.25) is 9.59 Å². The molecular weight excluding hydrogens is 338 g/mol. The van der Waals surface area contributed by atoms with Crippen LogP contribution in [0.3, 0.4) is 0 Å². The quantitative estimate of drug-likeness (QED) is 0.331. The fraction of sp³-hybridized carbons (Fsp3) is 0.786. The maximum absolute atomic E-state index is 12.3. The number of amides is 2. The summed E-state index contributed by atoms with van der Waals surface area (Å²) in [6.07, 6.45) is 3.08. The van der Waals surface area contributed by atoms with Gasteiger partial charge in [0.15, 0.2) is 0 Å². The molecular formula is C14H27N3O4S2. The zero-order valence-electron chi connectivity index (χ0n) is 13.7. The van der Waals surface area contributed by atoms with Crippen LogP contribution >= 0.6 is 24.4 Å². The van der Waals surface area contributed by atoms with Crippen molar-refractivity contribution in [1.82, 2.24) is 10.6 Å². The third-order valence-electron chi connectivity index (χ3n) is 3.56. The summed E-state index contributed by atoms with van der Waals surface area (Å²) >= 11 is 5.49. The first-order valence-electron chi connectivity index (χ1n) is 7.47. The van der Waals surface area contributed by atoms with Crippen LogP contribution in [-0.4, -0.2) is 58.8 Å². The van der Waals surface area contributed by atoms with Gasteiger partial charge in [-0.15, -0.1) is 0 Å². The van der Waals surface area contributed by atoms with Crippen LogP contribution in [0.1, 0.15) is 26.7 Å². The number of carboxylic acid groups (broad SMARTS) is 1. The second-order valence-electron chi connectivity index (χ2n) is 5.34. The normalized spacial score (nSPS) is 16.0. The molecule has 2 amide bonds. The number of rotatable bonds is 11. The fourth-order valence-electron chi connectivity index (χ4n) is 1.79. The van der Waals surface area contributed by atoms with E-state index >= 15 is 0 Å². The van der Waals surface area contributed by atoms with E-state index in [-0.39, 0.29) is 11.7 Å². The van der Waals surface area contributed by atoms with Crippen molar-refractivity contribution in [1.29, 1.82) is 0 Å². The molecule has 4 atom stereocenters. The number of carbonyl (C=O) groups is 3.